The average molecular weight is 283 g/mol. The van der Waals surface area contributed by atoms with Gasteiger partial charge in [0, 0.05) is 7.05 Å². The highest BCUT2D eigenvalue weighted by atomic mass is 35.5. The van der Waals surface area contributed by atoms with E-state index < -0.39 is 11.7 Å². The quantitative estimate of drug-likeness (QED) is 0.888. The van der Waals surface area contributed by atoms with Gasteiger partial charge in [-0.3, -0.25) is 9.48 Å². The van der Waals surface area contributed by atoms with Gasteiger partial charge in [-0.1, -0.05) is 17.7 Å². The number of aryl methyl sites for hydroxylation is 2. The number of benzene rings is 1. The number of nitrogens with two attached hydrogens (primary N) is 1. The number of halogens is 2. The van der Waals surface area contributed by atoms with Gasteiger partial charge in [0.25, 0.3) is 5.91 Å². The molecule has 0 saturated carbocycles. The maximum Gasteiger partial charge on any atom is 0.258 e. The molecule has 0 spiro atoms. The van der Waals surface area contributed by atoms with Gasteiger partial charge in [0.15, 0.2) is 5.82 Å². The summed E-state index contributed by atoms with van der Waals surface area (Å²) in [4.78, 5) is 12.0. The summed E-state index contributed by atoms with van der Waals surface area (Å²) in [6.07, 6.45) is 0. The summed E-state index contributed by atoms with van der Waals surface area (Å²) in [5.41, 5.74) is 6.80. The van der Waals surface area contributed by atoms with Crippen LogP contribution in [0.2, 0.25) is 5.02 Å². The zero-order valence-corrected chi connectivity index (χ0v) is 11.1. The Morgan fingerprint density at radius 1 is 1.53 bits per heavy atom. The van der Waals surface area contributed by atoms with E-state index in [1.807, 2.05) is 0 Å². The molecule has 0 saturated heterocycles. The predicted molar refractivity (Wildman–Crippen MR) is 71.7 cm³/mol. The lowest BCUT2D eigenvalue weighted by molar-refractivity contribution is 0.102. The van der Waals surface area contributed by atoms with Crippen LogP contribution < -0.4 is 11.1 Å². The van der Waals surface area contributed by atoms with Crippen LogP contribution in [-0.4, -0.2) is 15.7 Å². The van der Waals surface area contributed by atoms with E-state index in [0.717, 1.165) is 0 Å². The van der Waals surface area contributed by atoms with Crippen molar-refractivity contribution in [3.63, 3.8) is 0 Å². The van der Waals surface area contributed by atoms with E-state index in [9.17, 15) is 9.18 Å². The minimum atomic E-state index is -0.650. The second-order valence-electron chi connectivity index (χ2n) is 4.03. The van der Waals surface area contributed by atoms with Crippen LogP contribution in [0.1, 0.15) is 16.1 Å². The number of nitrogens with zero attached hydrogens (tertiary/aromatic N) is 2. The number of nitrogen functional groups attached to an aromatic ring is 1. The van der Waals surface area contributed by atoms with Crippen molar-refractivity contribution in [2.45, 2.75) is 6.92 Å². The molecule has 3 N–H and O–H groups in total. The monoisotopic (exact) mass is 282 g/mol. The van der Waals surface area contributed by atoms with E-state index in [0.29, 0.717) is 17.2 Å². The number of carbonyl (C=O) groups excluding carboxylic acids is 1. The van der Waals surface area contributed by atoms with Gasteiger partial charge in [-0.2, -0.15) is 5.10 Å². The lowest BCUT2D eigenvalue weighted by Gasteiger charge is -2.08. The Morgan fingerprint density at radius 3 is 2.79 bits per heavy atom. The summed E-state index contributed by atoms with van der Waals surface area (Å²) in [5.74, 6) is -0.842. The molecule has 0 aliphatic rings. The number of hydrogen-bond donors (Lipinski definition) is 2. The minimum absolute atomic E-state index is 0.0416. The molecule has 19 heavy (non-hydrogen) atoms. The molecular formula is C12H12ClFN4O. The number of rotatable bonds is 2. The lowest BCUT2D eigenvalue weighted by Crippen LogP contribution is -2.16. The van der Waals surface area contributed by atoms with E-state index in [4.69, 9.17) is 17.3 Å². The van der Waals surface area contributed by atoms with Crippen molar-refractivity contribution >= 4 is 29.0 Å². The molecule has 1 amide bonds. The van der Waals surface area contributed by atoms with Crippen LogP contribution in [0.3, 0.4) is 0 Å². The average Bonchev–Trinajstić information content (AvgIpc) is 2.59. The first kappa shape index (κ1) is 13.4. The van der Waals surface area contributed by atoms with Gasteiger partial charge in [-0.15, -0.1) is 0 Å². The Balaban J connectivity index is 2.34. The molecule has 0 aliphatic heterocycles. The van der Waals surface area contributed by atoms with Gasteiger partial charge in [-0.05, 0) is 19.1 Å². The van der Waals surface area contributed by atoms with E-state index in [1.165, 1.54) is 22.9 Å². The van der Waals surface area contributed by atoms with Crippen LogP contribution in [0.5, 0.6) is 0 Å². The smallest absolute Gasteiger partial charge is 0.258 e. The molecule has 1 aromatic heterocycles. The highest BCUT2D eigenvalue weighted by molar-refractivity contribution is 6.34. The van der Waals surface area contributed by atoms with Crippen molar-refractivity contribution < 1.29 is 9.18 Å². The van der Waals surface area contributed by atoms with Gasteiger partial charge < -0.3 is 11.1 Å². The Hall–Kier alpha value is -2.08. The SMILES string of the molecule is Cc1nn(C)c(NC(=O)c2cccc(F)c2Cl)c1N. The number of amides is 1. The van der Waals surface area contributed by atoms with Gasteiger partial charge >= 0.3 is 0 Å². The molecule has 2 rings (SSSR count). The summed E-state index contributed by atoms with van der Waals surface area (Å²) in [6, 6.07) is 4.02. The predicted octanol–water partition coefficient (Wildman–Crippen LogP) is 2.36. The zero-order chi connectivity index (χ0) is 14.2. The second-order valence-corrected chi connectivity index (χ2v) is 4.40. The largest absolute Gasteiger partial charge is 0.394 e. The molecular weight excluding hydrogens is 271 g/mol. The number of nitrogens with one attached hydrogen (secondary N) is 1. The molecule has 7 heteroatoms. The Morgan fingerprint density at radius 2 is 2.21 bits per heavy atom. The van der Waals surface area contributed by atoms with Crippen LogP contribution >= 0.6 is 11.6 Å². The van der Waals surface area contributed by atoms with Crippen LogP contribution in [0.4, 0.5) is 15.9 Å². The molecule has 5 nitrogen and oxygen atoms in total. The highest BCUT2D eigenvalue weighted by Gasteiger charge is 2.17. The topological polar surface area (TPSA) is 72.9 Å². The molecule has 0 fully saturated rings. The maximum absolute atomic E-state index is 13.3. The third-order valence-corrected chi connectivity index (χ3v) is 3.08. The Bertz CT molecular complexity index is 653. The standard InChI is InChI=1S/C12H12ClFN4O/c1-6-10(15)11(18(2)17-6)16-12(19)7-4-3-5-8(14)9(7)13/h3-5H,15H2,1-2H3,(H,16,19). The van der Waals surface area contributed by atoms with Crippen LogP contribution in [0.25, 0.3) is 0 Å². The summed E-state index contributed by atoms with van der Waals surface area (Å²) >= 11 is 5.75. The molecule has 0 atom stereocenters. The van der Waals surface area contributed by atoms with Gasteiger partial charge in [0.1, 0.15) is 5.82 Å². The molecule has 0 unspecified atom stereocenters. The van der Waals surface area contributed by atoms with Crippen molar-refractivity contribution in [2.24, 2.45) is 7.05 Å². The van der Waals surface area contributed by atoms with Crippen molar-refractivity contribution in [3.8, 4) is 0 Å². The van der Waals surface area contributed by atoms with Crippen molar-refractivity contribution in [3.05, 3.63) is 40.3 Å². The molecule has 0 radical (unpaired) electrons. The summed E-state index contributed by atoms with van der Waals surface area (Å²) < 4.78 is 14.7. The number of anilines is 2. The summed E-state index contributed by atoms with van der Waals surface area (Å²) in [5, 5.41) is 6.41. The molecule has 2 aromatic rings. The van der Waals surface area contributed by atoms with E-state index in [1.54, 1.807) is 14.0 Å². The first-order valence-corrected chi connectivity index (χ1v) is 5.84. The first-order chi connectivity index (χ1) is 8.91. The highest BCUT2D eigenvalue weighted by Crippen LogP contribution is 2.24. The van der Waals surface area contributed by atoms with E-state index in [-0.39, 0.29) is 10.6 Å². The van der Waals surface area contributed by atoms with Crippen molar-refractivity contribution in [1.29, 1.82) is 0 Å². The summed E-state index contributed by atoms with van der Waals surface area (Å²) in [7, 11) is 1.64. The van der Waals surface area contributed by atoms with Crippen LogP contribution in [0.15, 0.2) is 18.2 Å². The summed E-state index contributed by atoms with van der Waals surface area (Å²) in [6.45, 7) is 1.72. The molecule has 1 heterocycles. The third kappa shape index (κ3) is 2.39. The van der Waals surface area contributed by atoms with Gasteiger partial charge in [0.05, 0.1) is 22.0 Å². The number of hydrogen-bond acceptors (Lipinski definition) is 3. The molecule has 0 aliphatic carbocycles. The third-order valence-electron chi connectivity index (χ3n) is 2.70. The first-order valence-electron chi connectivity index (χ1n) is 5.46. The van der Waals surface area contributed by atoms with Crippen LogP contribution in [-0.2, 0) is 7.05 Å². The van der Waals surface area contributed by atoms with Gasteiger partial charge in [0.2, 0.25) is 0 Å². The van der Waals surface area contributed by atoms with E-state index >= 15 is 0 Å². The minimum Gasteiger partial charge on any atom is -0.394 e. The number of carbonyl (C=O) groups is 1. The Labute approximate surface area is 114 Å². The van der Waals surface area contributed by atoms with Crippen molar-refractivity contribution in [2.75, 3.05) is 11.1 Å². The van der Waals surface area contributed by atoms with Crippen molar-refractivity contribution in [1.82, 2.24) is 9.78 Å². The van der Waals surface area contributed by atoms with E-state index in [2.05, 4.69) is 10.4 Å². The maximum atomic E-state index is 13.3. The lowest BCUT2D eigenvalue weighted by atomic mass is 10.2. The molecule has 0 bridgehead atoms. The molecule has 1 aromatic carbocycles. The van der Waals surface area contributed by atoms with Crippen LogP contribution in [0, 0.1) is 12.7 Å². The fourth-order valence-electron chi connectivity index (χ4n) is 1.68. The Kier molecular flexibility index (Phi) is 3.44. The zero-order valence-electron chi connectivity index (χ0n) is 10.4. The fourth-order valence-corrected chi connectivity index (χ4v) is 1.89. The number of aromatic nitrogens is 2. The fraction of sp³-hybridized carbons (Fsp3) is 0.167. The van der Waals surface area contributed by atoms with Gasteiger partial charge in [-0.25, -0.2) is 4.39 Å². The second kappa shape index (κ2) is 4.89. The normalized spacial score (nSPS) is 10.5. The molecule has 100 valence electrons.